The fraction of sp³-hybridized carbons (Fsp3) is 0.625. The van der Waals surface area contributed by atoms with Crippen molar-refractivity contribution in [1.82, 2.24) is 0 Å². The molecule has 1 aliphatic carbocycles. The van der Waals surface area contributed by atoms with Crippen LogP contribution in [0, 0.1) is 11.8 Å². The van der Waals surface area contributed by atoms with Crippen molar-refractivity contribution >= 4 is 0 Å². The molecule has 0 aromatic rings. The first kappa shape index (κ1) is 13.3. The minimum atomic E-state index is 0.822. The average molecular weight is 218 g/mol. The Bertz CT molecular complexity index is 247. The predicted octanol–water partition coefficient (Wildman–Crippen LogP) is 5.28. The first-order chi connectivity index (χ1) is 7.77. The Morgan fingerprint density at radius 2 is 2.00 bits per heavy atom. The maximum atomic E-state index is 3.87. The second-order valence-corrected chi connectivity index (χ2v) is 5.08. The second-order valence-electron chi connectivity index (χ2n) is 5.08. The van der Waals surface area contributed by atoms with Crippen molar-refractivity contribution in [2.45, 2.75) is 51.9 Å². The van der Waals surface area contributed by atoms with Gasteiger partial charge in [0.1, 0.15) is 0 Å². The van der Waals surface area contributed by atoms with E-state index in [-0.39, 0.29) is 0 Å². The third-order valence-corrected chi connectivity index (χ3v) is 3.50. The van der Waals surface area contributed by atoms with Gasteiger partial charge in [-0.1, -0.05) is 37.1 Å². The van der Waals surface area contributed by atoms with E-state index in [9.17, 15) is 0 Å². The Labute approximate surface area is 101 Å². The number of unbranched alkanes of at least 4 members (excludes halogenated alkanes) is 2. The third kappa shape index (κ3) is 5.34. The summed E-state index contributed by atoms with van der Waals surface area (Å²) in [7, 11) is 0. The van der Waals surface area contributed by atoms with Crippen LogP contribution in [0.15, 0.2) is 37.0 Å². The van der Waals surface area contributed by atoms with E-state index in [0.717, 1.165) is 11.8 Å². The van der Waals surface area contributed by atoms with Crippen LogP contribution in [-0.4, -0.2) is 0 Å². The van der Waals surface area contributed by atoms with Crippen LogP contribution >= 0.6 is 0 Å². The van der Waals surface area contributed by atoms with Gasteiger partial charge in [0, 0.05) is 0 Å². The van der Waals surface area contributed by atoms with E-state index < -0.39 is 0 Å². The van der Waals surface area contributed by atoms with Gasteiger partial charge in [0.15, 0.2) is 0 Å². The largest absolute Gasteiger partial charge is 0.103 e. The molecule has 0 aromatic carbocycles. The molecule has 0 radical (unpaired) electrons. The van der Waals surface area contributed by atoms with Gasteiger partial charge in [-0.05, 0) is 50.4 Å². The Kier molecular flexibility index (Phi) is 6.22. The molecule has 2 unspecified atom stereocenters. The molecule has 0 nitrogen and oxygen atoms in total. The number of rotatable bonds is 9. The lowest BCUT2D eigenvalue weighted by Gasteiger charge is -2.12. The van der Waals surface area contributed by atoms with Crippen LogP contribution in [0.25, 0.3) is 0 Å². The molecule has 1 saturated carbocycles. The number of allylic oxidation sites excluding steroid dienone is 4. The summed E-state index contributed by atoms with van der Waals surface area (Å²) in [5.74, 6) is 1.70. The molecule has 0 amide bonds. The smallest absolute Gasteiger partial charge is 0.0194 e. The minimum Gasteiger partial charge on any atom is -0.103 e. The van der Waals surface area contributed by atoms with Crippen molar-refractivity contribution in [3.8, 4) is 0 Å². The molecule has 16 heavy (non-hydrogen) atoms. The molecule has 90 valence electrons. The van der Waals surface area contributed by atoms with Gasteiger partial charge in [-0.2, -0.15) is 0 Å². The van der Waals surface area contributed by atoms with Crippen molar-refractivity contribution in [3.63, 3.8) is 0 Å². The fourth-order valence-corrected chi connectivity index (χ4v) is 2.19. The van der Waals surface area contributed by atoms with Crippen LogP contribution in [0.1, 0.15) is 51.9 Å². The normalized spacial score (nSPS) is 23.1. The van der Waals surface area contributed by atoms with Gasteiger partial charge in [-0.3, -0.25) is 0 Å². The summed E-state index contributed by atoms with van der Waals surface area (Å²) in [6.07, 6.45) is 15.5. The Hall–Kier alpha value is -0.780. The lowest BCUT2D eigenvalue weighted by molar-refractivity contribution is 0.470. The van der Waals surface area contributed by atoms with E-state index in [1.165, 1.54) is 44.9 Å². The van der Waals surface area contributed by atoms with Gasteiger partial charge in [-0.15, -0.1) is 13.2 Å². The molecule has 0 bridgehead atoms. The molecule has 2 atom stereocenters. The van der Waals surface area contributed by atoms with Crippen LogP contribution in [0.5, 0.6) is 0 Å². The summed E-state index contributed by atoms with van der Waals surface area (Å²) in [4.78, 5) is 0. The highest BCUT2D eigenvalue weighted by Crippen LogP contribution is 2.37. The van der Waals surface area contributed by atoms with Crippen molar-refractivity contribution in [2.75, 3.05) is 0 Å². The minimum absolute atomic E-state index is 0.822. The zero-order valence-electron chi connectivity index (χ0n) is 10.8. The molecule has 0 spiro atoms. The van der Waals surface area contributed by atoms with E-state index in [4.69, 9.17) is 0 Å². The van der Waals surface area contributed by atoms with Crippen molar-refractivity contribution in [2.24, 2.45) is 11.8 Å². The summed E-state index contributed by atoms with van der Waals surface area (Å²) >= 11 is 0. The van der Waals surface area contributed by atoms with Gasteiger partial charge in [0.05, 0.1) is 0 Å². The third-order valence-electron chi connectivity index (χ3n) is 3.50. The highest BCUT2D eigenvalue weighted by atomic mass is 14.3. The van der Waals surface area contributed by atoms with Crippen LogP contribution in [0.3, 0.4) is 0 Å². The first-order valence-corrected chi connectivity index (χ1v) is 6.68. The van der Waals surface area contributed by atoms with Crippen LogP contribution in [0.2, 0.25) is 0 Å². The molecule has 0 heteroatoms. The van der Waals surface area contributed by atoms with Gasteiger partial charge < -0.3 is 0 Å². The lowest BCUT2D eigenvalue weighted by atomic mass is 9.94. The van der Waals surface area contributed by atoms with E-state index in [1.54, 1.807) is 5.57 Å². The van der Waals surface area contributed by atoms with E-state index in [2.05, 4.69) is 32.2 Å². The Morgan fingerprint density at radius 3 is 2.56 bits per heavy atom. The second kappa shape index (κ2) is 7.49. The summed E-state index contributed by atoms with van der Waals surface area (Å²) in [5.41, 5.74) is 1.68. The molecule has 0 N–H and O–H groups in total. The average Bonchev–Trinajstić information content (AvgIpc) is 2.97. The van der Waals surface area contributed by atoms with Crippen LogP contribution < -0.4 is 0 Å². The maximum absolute atomic E-state index is 3.87. The molecule has 0 aliphatic heterocycles. The molecule has 0 heterocycles. The van der Waals surface area contributed by atoms with Crippen molar-refractivity contribution in [3.05, 3.63) is 37.0 Å². The number of hydrogen-bond donors (Lipinski definition) is 0. The van der Waals surface area contributed by atoms with Crippen molar-refractivity contribution < 1.29 is 0 Å². The molecule has 0 aromatic heterocycles. The standard InChI is InChI=1S/C16H26/c1-4-6-7-8-10-15(9-5-2)11-12-16-13-14(16)3/h4-5,12,14-15H,1-2,6-11,13H2,3H3. The van der Waals surface area contributed by atoms with Crippen LogP contribution in [0.4, 0.5) is 0 Å². The first-order valence-electron chi connectivity index (χ1n) is 6.68. The Morgan fingerprint density at radius 1 is 1.25 bits per heavy atom. The van der Waals surface area contributed by atoms with E-state index >= 15 is 0 Å². The summed E-state index contributed by atoms with van der Waals surface area (Å²) in [6.45, 7) is 9.95. The van der Waals surface area contributed by atoms with Gasteiger partial charge in [-0.25, -0.2) is 0 Å². The highest BCUT2D eigenvalue weighted by molar-refractivity contribution is 5.21. The quantitative estimate of drug-likeness (QED) is 0.365. The van der Waals surface area contributed by atoms with E-state index in [0.29, 0.717) is 0 Å². The van der Waals surface area contributed by atoms with Gasteiger partial charge in [0.2, 0.25) is 0 Å². The maximum Gasteiger partial charge on any atom is -0.0194 e. The molecule has 1 aliphatic rings. The summed E-state index contributed by atoms with van der Waals surface area (Å²) in [5, 5.41) is 0. The fourth-order valence-electron chi connectivity index (χ4n) is 2.19. The summed E-state index contributed by atoms with van der Waals surface area (Å²) in [6, 6.07) is 0. The summed E-state index contributed by atoms with van der Waals surface area (Å²) < 4.78 is 0. The zero-order valence-corrected chi connectivity index (χ0v) is 10.8. The van der Waals surface area contributed by atoms with E-state index in [1.807, 2.05) is 6.08 Å². The number of hydrogen-bond acceptors (Lipinski definition) is 0. The van der Waals surface area contributed by atoms with Crippen molar-refractivity contribution in [1.29, 1.82) is 0 Å². The lowest BCUT2D eigenvalue weighted by Crippen LogP contribution is -1.97. The molecule has 0 saturated heterocycles. The highest BCUT2D eigenvalue weighted by Gasteiger charge is 2.23. The van der Waals surface area contributed by atoms with Crippen LogP contribution in [-0.2, 0) is 0 Å². The topological polar surface area (TPSA) is 0 Å². The monoisotopic (exact) mass is 218 g/mol. The molecular formula is C16H26. The predicted molar refractivity (Wildman–Crippen MR) is 73.5 cm³/mol. The molecular weight excluding hydrogens is 192 g/mol. The van der Waals surface area contributed by atoms with Gasteiger partial charge >= 0.3 is 0 Å². The van der Waals surface area contributed by atoms with Gasteiger partial charge in [0.25, 0.3) is 0 Å². The molecule has 1 fully saturated rings. The SMILES string of the molecule is C=CCCCCC(CC=C)CC=C1CC1C. The molecule has 1 rings (SSSR count). The zero-order chi connectivity index (χ0) is 11.8. The Balaban J connectivity index is 2.18.